The van der Waals surface area contributed by atoms with E-state index in [0.717, 1.165) is 25.1 Å². The quantitative estimate of drug-likeness (QED) is 0.848. The number of piperidine rings is 1. The highest BCUT2D eigenvalue weighted by Gasteiger charge is 2.45. The van der Waals surface area contributed by atoms with E-state index in [1.54, 1.807) is 18.5 Å². The first-order valence-electron chi connectivity index (χ1n) is 8.71. The first-order valence-corrected chi connectivity index (χ1v) is 8.71. The molecule has 1 aliphatic carbocycles. The van der Waals surface area contributed by atoms with Crippen molar-refractivity contribution in [1.82, 2.24) is 30.0 Å². The molecule has 8 nitrogen and oxygen atoms in total. The number of aromatic nitrogens is 4. The lowest BCUT2D eigenvalue weighted by atomic mass is 9.87. The SMILES string of the molecule is Cn1ccnc1[C@@H]1[C@@H](CNC(=O)c2ccn[nH]2)CCC(=O)N1C1CC1. The third-order valence-electron chi connectivity index (χ3n) is 5.10. The van der Waals surface area contributed by atoms with Crippen LogP contribution in [0.2, 0.25) is 0 Å². The van der Waals surface area contributed by atoms with Crippen LogP contribution in [0.4, 0.5) is 0 Å². The minimum atomic E-state index is -0.175. The number of aryl methyl sites for hydroxylation is 1. The Morgan fingerprint density at radius 3 is 2.84 bits per heavy atom. The van der Waals surface area contributed by atoms with Crippen molar-refractivity contribution < 1.29 is 9.59 Å². The molecular weight excluding hydrogens is 320 g/mol. The molecule has 2 atom stereocenters. The third-order valence-corrected chi connectivity index (χ3v) is 5.10. The molecule has 2 N–H and O–H groups in total. The Morgan fingerprint density at radius 1 is 1.36 bits per heavy atom. The number of aromatic amines is 1. The van der Waals surface area contributed by atoms with Gasteiger partial charge in [0.15, 0.2) is 0 Å². The molecule has 4 rings (SSSR count). The highest BCUT2D eigenvalue weighted by atomic mass is 16.2. The second-order valence-corrected chi connectivity index (χ2v) is 6.85. The zero-order valence-corrected chi connectivity index (χ0v) is 14.2. The fourth-order valence-electron chi connectivity index (χ4n) is 3.67. The maximum atomic E-state index is 12.6. The summed E-state index contributed by atoms with van der Waals surface area (Å²) in [6.07, 6.45) is 8.61. The molecule has 1 saturated carbocycles. The Bertz CT molecular complexity index is 764. The first-order chi connectivity index (χ1) is 12.1. The van der Waals surface area contributed by atoms with E-state index in [-0.39, 0.29) is 23.8 Å². The van der Waals surface area contributed by atoms with Gasteiger partial charge in [0.05, 0.1) is 6.04 Å². The summed E-state index contributed by atoms with van der Waals surface area (Å²) < 4.78 is 1.97. The normalized spacial score (nSPS) is 23.7. The average Bonchev–Trinajstić information content (AvgIpc) is 3.11. The van der Waals surface area contributed by atoms with Crippen LogP contribution in [0.3, 0.4) is 0 Å². The predicted octanol–water partition coefficient (Wildman–Crippen LogP) is 1.02. The number of hydrogen-bond acceptors (Lipinski definition) is 4. The molecule has 132 valence electrons. The number of likely N-dealkylation sites (tertiary alicyclic amines) is 1. The lowest BCUT2D eigenvalue weighted by molar-refractivity contribution is -0.140. The van der Waals surface area contributed by atoms with Crippen molar-refractivity contribution in [2.75, 3.05) is 6.54 Å². The Morgan fingerprint density at radius 2 is 2.20 bits per heavy atom. The number of nitrogens with one attached hydrogen (secondary N) is 2. The van der Waals surface area contributed by atoms with Crippen LogP contribution in [0.5, 0.6) is 0 Å². The van der Waals surface area contributed by atoms with Gasteiger partial charge >= 0.3 is 0 Å². The number of H-pyrrole nitrogens is 1. The third kappa shape index (κ3) is 3.04. The first kappa shape index (κ1) is 15.9. The van der Waals surface area contributed by atoms with Gasteiger partial charge in [-0.3, -0.25) is 14.7 Å². The molecule has 3 heterocycles. The largest absolute Gasteiger partial charge is 0.350 e. The second kappa shape index (κ2) is 6.34. The molecule has 2 aromatic heterocycles. The van der Waals surface area contributed by atoms with Gasteiger partial charge in [0, 0.05) is 50.6 Å². The molecule has 0 radical (unpaired) electrons. The average molecular weight is 342 g/mol. The lowest BCUT2D eigenvalue weighted by Gasteiger charge is -2.41. The van der Waals surface area contributed by atoms with Crippen molar-refractivity contribution in [2.45, 2.75) is 37.8 Å². The summed E-state index contributed by atoms with van der Waals surface area (Å²) in [6.45, 7) is 0.506. The fourth-order valence-corrected chi connectivity index (χ4v) is 3.67. The Kier molecular flexibility index (Phi) is 4.03. The van der Waals surface area contributed by atoms with Gasteiger partial charge in [-0.05, 0) is 25.3 Å². The van der Waals surface area contributed by atoms with Crippen molar-refractivity contribution in [1.29, 1.82) is 0 Å². The summed E-state index contributed by atoms with van der Waals surface area (Å²) in [5.74, 6) is 1.06. The summed E-state index contributed by atoms with van der Waals surface area (Å²) in [4.78, 5) is 31.3. The number of carbonyl (C=O) groups is 2. The molecular formula is C17H22N6O2. The van der Waals surface area contributed by atoms with Gasteiger partial charge in [-0.25, -0.2) is 4.98 Å². The number of hydrogen-bond donors (Lipinski definition) is 2. The van der Waals surface area contributed by atoms with Crippen LogP contribution in [-0.4, -0.2) is 49.0 Å². The zero-order valence-electron chi connectivity index (χ0n) is 14.2. The zero-order chi connectivity index (χ0) is 17.4. The molecule has 2 aromatic rings. The Labute approximate surface area is 145 Å². The highest BCUT2D eigenvalue weighted by Crippen LogP contribution is 2.42. The minimum Gasteiger partial charge on any atom is -0.350 e. The van der Waals surface area contributed by atoms with Gasteiger partial charge in [-0.2, -0.15) is 5.10 Å². The molecule has 0 aromatic carbocycles. The molecule has 2 fully saturated rings. The van der Waals surface area contributed by atoms with Crippen LogP contribution >= 0.6 is 0 Å². The number of amides is 2. The molecule has 2 amide bonds. The van der Waals surface area contributed by atoms with E-state index in [0.29, 0.717) is 24.7 Å². The molecule has 0 unspecified atom stereocenters. The summed E-state index contributed by atoms with van der Waals surface area (Å²) >= 11 is 0. The monoisotopic (exact) mass is 342 g/mol. The van der Waals surface area contributed by atoms with Gasteiger partial charge in [0.1, 0.15) is 11.5 Å². The smallest absolute Gasteiger partial charge is 0.269 e. The maximum Gasteiger partial charge on any atom is 0.269 e. The van der Waals surface area contributed by atoms with Crippen LogP contribution < -0.4 is 5.32 Å². The van der Waals surface area contributed by atoms with Crippen LogP contribution in [0.25, 0.3) is 0 Å². The molecule has 0 bridgehead atoms. The molecule has 8 heteroatoms. The summed E-state index contributed by atoms with van der Waals surface area (Å²) in [6, 6.07) is 1.88. The number of carbonyl (C=O) groups excluding carboxylic acids is 2. The summed E-state index contributed by atoms with van der Waals surface area (Å²) in [5, 5.41) is 9.46. The number of imidazole rings is 1. The highest BCUT2D eigenvalue weighted by molar-refractivity contribution is 5.92. The van der Waals surface area contributed by atoms with Gasteiger partial charge < -0.3 is 14.8 Å². The van der Waals surface area contributed by atoms with Crippen molar-refractivity contribution in [3.8, 4) is 0 Å². The van der Waals surface area contributed by atoms with E-state index >= 15 is 0 Å². The van der Waals surface area contributed by atoms with Crippen LogP contribution in [0, 0.1) is 5.92 Å². The second-order valence-electron chi connectivity index (χ2n) is 6.85. The fraction of sp³-hybridized carbons (Fsp3) is 0.529. The van der Waals surface area contributed by atoms with E-state index in [4.69, 9.17) is 0 Å². The topological polar surface area (TPSA) is 95.9 Å². The van der Waals surface area contributed by atoms with Crippen LogP contribution in [0.1, 0.15) is 48.0 Å². The van der Waals surface area contributed by atoms with E-state index in [1.165, 1.54) is 0 Å². The summed E-state index contributed by atoms with van der Waals surface area (Å²) in [7, 11) is 1.95. The molecule has 0 spiro atoms. The lowest BCUT2D eigenvalue weighted by Crippen LogP contribution is -2.48. The molecule has 2 aliphatic rings. The van der Waals surface area contributed by atoms with Crippen LogP contribution in [-0.2, 0) is 11.8 Å². The Hall–Kier alpha value is -2.64. The van der Waals surface area contributed by atoms with E-state index in [1.807, 2.05) is 22.7 Å². The Balaban J connectivity index is 1.55. The number of rotatable bonds is 5. The van der Waals surface area contributed by atoms with Crippen molar-refractivity contribution in [3.05, 3.63) is 36.2 Å². The van der Waals surface area contributed by atoms with Crippen molar-refractivity contribution in [2.24, 2.45) is 13.0 Å². The maximum absolute atomic E-state index is 12.6. The van der Waals surface area contributed by atoms with Crippen molar-refractivity contribution in [3.63, 3.8) is 0 Å². The minimum absolute atomic E-state index is 0.0872. The van der Waals surface area contributed by atoms with Gasteiger partial charge in [0.25, 0.3) is 5.91 Å². The molecule has 1 aliphatic heterocycles. The van der Waals surface area contributed by atoms with Gasteiger partial charge in [-0.15, -0.1) is 0 Å². The summed E-state index contributed by atoms with van der Waals surface area (Å²) in [5.41, 5.74) is 0.444. The van der Waals surface area contributed by atoms with E-state index in [9.17, 15) is 9.59 Å². The van der Waals surface area contributed by atoms with Crippen LogP contribution in [0.15, 0.2) is 24.7 Å². The van der Waals surface area contributed by atoms with E-state index < -0.39 is 0 Å². The molecule has 1 saturated heterocycles. The van der Waals surface area contributed by atoms with Gasteiger partial charge in [0.2, 0.25) is 5.91 Å². The number of nitrogens with zero attached hydrogens (tertiary/aromatic N) is 4. The van der Waals surface area contributed by atoms with Gasteiger partial charge in [-0.1, -0.05) is 0 Å². The molecule has 25 heavy (non-hydrogen) atoms. The standard InChI is InChI=1S/C17H22N6O2/c1-22-9-8-18-16(22)15-11(2-5-14(24)23(15)12-3-4-12)10-19-17(25)13-6-7-20-21-13/h6-9,11-12,15H,2-5,10H2,1H3,(H,19,25)(H,20,21)/t11-,15+/m1/s1. The van der Waals surface area contributed by atoms with E-state index in [2.05, 4.69) is 20.5 Å². The predicted molar refractivity (Wildman–Crippen MR) is 89.5 cm³/mol. The van der Waals surface area contributed by atoms with Crippen molar-refractivity contribution >= 4 is 11.8 Å².